The highest BCUT2D eigenvalue weighted by atomic mass is 16.2. The van der Waals surface area contributed by atoms with Crippen molar-refractivity contribution < 1.29 is 4.79 Å². The largest absolute Gasteiger partial charge is 0.334 e. The molecule has 1 amide bonds. The maximum atomic E-state index is 11.8. The molecular weight excluding hydrogens is 202 g/mol. The van der Waals surface area contributed by atoms with E-state index < -0.39 is 0 Å². The van der Waals surface area contributed by atoms with Gasteiger partial charge in [-0.15, -0.1) is 0 Å². The number of hydrogen-bond acceptors (Lipinski definition) is 2. The number of nitrogens with zero attached hydrogens (tertiary/aromatic N) is 2. The predicted molar refractivity (Wildman–Crippen MR) is 62.1 cm³/mol. The Hall–Kier alpha value is -1.32. The van der Waals surface area contributed by atoms with E-state index in [4.69, 9.17) is 0 Å². The summed E-state index contributed by atoms with van der Waals surface area (Å²) in [6.45, 7) is 4.49. The van der Waals surface area contributed by atoms with Crippen LogP contribution < -0.4 is 5.32 Å². The zero-order chi connectivity index (χ0) is 11.5. The summed E-state index contributed by atoms with van der Waals surface area (Å²) in [5.41, 5.74) is 0. The van der Waals surface area contributed by atoms with Crippen LogP contribution in [-0.2, 0) is 0 Å². The van der Waals surface area contributed by atoms with E-state index >= 15 is 0 Å². The first-order chi connectivity index (χ1) is 7.68. The number of rotatable bonds is 1. The Morgan fingerprint density at radius 1 is 1.44 bits per heavy atom. The van der Waals surface area contributed by atoms with Gasteiger partial charge >= 0.3 is 6.03 Å². The second kappa shape index (κ2) is 4.68. The summed E-state index contributed by atoms with van der Waals surface area (Å²) in [4.78, 5) is 15.7. The standard InChI is InChI=1S/C12H19N3O/c1-9-4-3-5-11(10(9)2)14-12(16)15-7-6-13-8-15/h6-11H,3-5H2,1-2H3,(H,14,16)/t9-,10+,11-/m1/s1. The van der Waals surface area contributed by atoms with Crippen molar-refractivity contribution in [2.24, 2.45) is 11.8 Å². The zero-order valence-electron chi connectivity index (χ0n) is 9.89. The van der Waals surface area contributed by atoms with Crippen LogP contribution in [0.3, 0.4) is 0 Å². The molecule has 0 spiro atoms. The van der Waals surface area contributed by atoms with Crippen molar-refractivity contribution in [2.75, 3.05) is 0 Å². The lowest BCUT2D eigenvalue weighted by atomic mass is 9.78. The van der Waals surface area contributed by atoms with Crippen molar-refractivity contribution in [2.45, 2.75) is 39.2 Å². The van der Waals surface area contributed by atoms with Crippen molar-refractivity contribution in [3.8, 4) is 0 Å². The van der Waals surface area contributed by atoms with Gasteiger partial charge in [0.2, 0.25) is 0 Å². The van der Waals surface area contributed by atoms with Crippen molar-refractivity contribution in [3.05, 3.63) is 18.7 Å². The molecule has 88 valence electrons. The molecule has 1 aromatic heterocycles. The fourth-order valence-corrected chi connectivity index (χ4v) is 2.40. The van der Waals surface area contributed by atoms with E-state index in [1.165, 1.54) is 23.7 Å². The van der Waals surface area contributed by atoms with Crippen molar-refractivity contribution in [3.63, 3.8) is 0 Å². The van der Waals surface area contributed by atoms with Crippen LogP contribution in [0.15, 0.2) is 18.7 Å². The summed E-state index contributed by atoms with van der Waals surface area (Å²) < 4.78 is 1.49. The topological polar surface area (TPSA) is 46.9 Å². The molecule has 16 heavy (non-hydrogen) atoms. The molecule has 1 fully saturated rings. The maximum Gasteiger partial charge on any atom is 0.327 e. The van der Waals surface area contributed by atoms with E-state index in [2.05, 4.69) is 24.1 Å². The summed E-state index contributed by atoms with van der Waals surface area (Å²) in [6.07, 6.45) is 8.40. The molecule has 0 unspecified atom stereocenters. The Morgan fingerprint density at radius 2 is 2.25 bits per heavy atom. The number of amides is 1. The first kappa shape index (κ1) is 11.2. The van der Waals surface area contributed by atoms with Gasteiger partial charge in [-0.2, -0.15) is 0 Å². The van der Waals surface area contributed by atoms with Gasteiger partial charge in [-0.1, -0.05) is 26.7 Å². The summed E-state index contributed by atoms with van der Waals surface area (Å²) in [5, 5.41) is 3.09. The molecule has 1 aliphatic carbocycles. The minimum atomic E-state index is -0.0662. The maximum absolute atomic E-state index is 11.8. The molecule has 1 saturated carbocycles. The van der Waals surface area contributed by atoms with Gasteiger partial charge in [0, 0.05) is 18.4 Å². The van der Waals surface area contributed by atoms with Crippen LogP contribution in [-0.4, -0.2) is 21.6 Å². The van der Waals surface area contributed by atoms with Gasteiger partial charge in [0.05, 0.1) is 0 Å². The van der Waals surface area contributed by atoms with E-state index in [1.807, 2.05) is 0 Å². The summed E-state index contributed by atoms with van der Waals surface area (Å²) in [6, 6.07) is 0.238. The molecule has 1 aromatic rings. The van der Waals surface area contributed by atoms with E-state index in [0.717, 1.165) is 6.42 Å². The first-order valence-corrected chi connectivity index (χ1v) is 5.97. The van der Waals surface area contributed by atoms with Crippen LogP contribution in [0.1, 0.15) is 33.1 Å². The van der Waals surface area contributed by atoms with Crippen LogP contribution in [0.2, 0.25) is 0 Å². The van der Waals surface area contributed by atoms with Gasteiger partial charge in [-0.3, -0.25) is 4.57 Å². The molecule has 3 atom stereocenters. The van der Waals surface area contributed by atoms with E-state index in [-0.39, 0.29) is 6.03 Å². The highest BCUT2D eigenvalue weighted by Crippen LogP contribution is 2.29. The van der Waals surface area contributed by atoms with Crippen molar-refractivity contribution in [1.82, 2.24) is 14.9 Å². The average molecular weight is 221 g/mol. The third-order valence-corrected chi connectivity index (χ3v) is 3.75. The summed E-state index contributed by atoms with van der Waals surface area (Å²) >= 11 is 0. The van der Waals surface area contributed by atoms with Crippen molar-refractivity contribution >= 4 is 6.03 Å². The number of carbonyl (C=O) groups is 1. The van der Waals surface area contributed by atoms with Gasteiger partial charge in [0.25, 0.3) is 0 Å². The lowest BCUT2D eigenvalue weighted by Crippen LogP contribution is -2.45. The molecule has 0 radical (unpaired) electrons. The second-order valence-electron chi connectivity index (χ2n) is 4.79. The molecule has 0 bridgehead atoms. The lowest BCUT2D eigenvalue weighted by molar-refractivity contribution is 0.196. The minimum absolute atomic E-state index is 0.0662. The normalized spacial score (nSPS) is 30.0. The molecule has 0 aliphatic heterocycles. The Morgan fingerprint density at radius 3 is 2.94 bits per heavy atom. The molecule has 1 aliphatic rings. The van der Waals surface area contributed by atoms with Crippen molar-refractivity contribution in [1.29, 1.82) is 0 Å². The van der Waals surface area contributed by atoms with Crippen LogP contribution in [0.5, 0.6) is 0 Å². The summed E-state index contributed by atoms with van der Waals surface area (Å²) in [5.74, 6) is 1.25. The number of carbonyl (C=O) groups excluding carboxylic acids is 1. The van der Waals surface area contributed by atoms with E-state index in [1.54, 1.807) is 12.4 Å². The number of aromatic nitrogens is 2. The molecule has 0 aromatic carbocycles. The SMILES string of the molecule is C[C@H]1[C@H](C)CCC[C@H]1NC(=O)n1ccnc1. The van der Waals surface area contributed by atoms with E-state index in [9.17, 15) is 4.79 Å². The average Bonchev–Trinajstić information content (AvgIpc) is 2.78. The van der Waals surface area contributed by atoms with Gasteiger partial charge < -0.3 is 5.32 Å². The molecule has 4 nitrogen and oxygen atoms in total. The molecule has 2 rings (SSSR count). The second-order valence-corrected chi connectivity index (χ2v) is 4.79. The third-order valence-electron chi connectivity index (χ3n) is 3.75. The highest BCUT2D eigenvalue weighted by molar-refractivity contribution is 5.76. The predicted octanol–water partition coefficient (Wildman–Crippen LogP) is 2.27. The molecule has 4 heteroatoms. The molecule has 0 saturated heterocycles. The number of imidazole rings is 1. The molecular formula is C12H19N3O. The van der Waals surface area contributed by atoms with Gasteiger partial charge in [0.15, 0.2) is 0 Å². The molecule has 1 heterocycles. The Balaban J connectivity index is 1.96. The minimum Gasteiger partial charge on any atom is -0.334 e. The Labute approximate surface area is 96.1 Å². The number of hydrogen-bond donors (Lipinski definition) is 1. The smallest absolute Gasteiger partial charge is 0.327 e. The first-order valence-electron chi connectivity index (χ1n) is 5.97. The third kappa shape index (κ3) is 2.26. The monoisotopic (exact) mass is 221 g/mol. The van der Waals surface area contributed by atoms with Gasteiger partial charge in [0.1, 0.15) is 6.33 Å². The number of nitrogens with one attached hydrogen (secondary N) is 1. The quantitative estimate of drug-likeness (QED) is 0.790. The molecule has 1 N–H and O–H groups in total. The van der Waals surface area contributed by atoms with E-state index in [0.29, 0.717) is 17.9 Å². The van der Waals surface area contributed by atoms with Gasteiger partial charge in [-0.05, 0) is 18.3 Å². The summed E-state index contributed by atoms with van der Waals surface area (Å²) in [7, 11) is 0. The Bertz CT molecular complexity index is 347. The van der Waals surface area contributed by atoms with Crippen LogP contribution in [0.25, 0.3) is 0 Å². The van der Waals surface area contributed by atoms with Gasteiger partial charge in [-0.25, -0.2) is 9.78 Å². The Kier molecular flexibility index (Phi) is 3.27. The van der Waals surface area contributed by atoms with Crippen LogP contribution in [0.4, 0.5) is 4.79 Å². The lowest BCUT2D eigenvalue weighted by Gasteiger charge is -2.34. The fourth-order valence-electron chi connectivity index (χ4n) is 2.40. The fraction of sp³-hybridized carbons (Fsp3) is 0.667. The zero-order valence-corrected chi connectivity index (χ0v) is 9.89. The van der Waals surface area contributed by atoms with Crippen LogP contribution >= 0.6 is 0 Å². The van der Waals surface area contributed by atoms with Crippen LogP contribution in [0, 0.1) is 11.8 Å². The highest BCUT2D eigenvalue weighted by Gasteiger charge is 2.28.